The number of benzene rings is 1. The molecular weight excluding hydrogens is 394 g/mol. The summed E-state index contributed by atoms with van der Waals surface area (Å²) in [6.45, 7) is 4.99. The molecule has 3 aromatic rings. The molecule has 4 rings (SSSR count). The monoisotopic (exact) mass is 415 g/mol. The number of fused-ring (bicyclic) bond motifs is 2. The van der Waals surface area contributed by atoms with Gasteiger partial charge in [0, 0.05) is 16.4 Å². The Kier molecular flexibility index (Phi) is 5.25. The van der Waals surface area contributed by atoms with E-state index in [9.17, 15) is 9.59 Å². The number of H-pyrrole nitrogens is 1. The van der Waals surface area contributed by atoms with Crippen LogP contribution >= 0.6 is 22.9 Å². The standard InChI is InChI=1S/C21H22ClN3O2S/c1-3-25(21(27)18-9-13-8-12(2)4-7-17(13)28-18)11-19-23-16-10-14(22)5-6-15(16)20(26)24-19/h5-6,9-10,12H,3-4,7-8,11H2,1-2H3,(H,23,24,26). The number of aromatic nitrogens is 2. The van der Waals surface area contributed by atoms with Crippen molar-refractivity contribution in [2.75, 3.05) is 6.54 Å². The second-order valence-electron chi connectivity index (χ2n) is 7.40. The smallest absolute Gasteiger partial charge is 0.264 e. The van der Waals surface area contributed by atoms with Crippen molar-refractivity contribution in [1.29, 1.82) is 0 Å². The average Bonchev–Trinajstić information content (AvgIpc) is 3.08. The zero-order valence-corrected chi connectivity index (χ0v) is 17.5. The molecule has 0 aliphatic heterocycles. The molecule has 1 unspecified atom stereocenters. The SMILES string of the molecule is CCN(Cc1nc2cc(Cl)ccc2c(=O)[nH]1)C(=O)c1cc2c(s1)CCC(C)C2. The summed E-state index contributed by atoms with van der Waals surface area (Å²) in [5.74, 6) is 1.12. The highest BCUT2D eigenvalue weighted by Gasteiger charge is 2.23. The Morgan fingerprint density at radius 2 is 2.21 bits per heavy atom. The number of hydrogen-bond acceptors (Lipinski definition) is 4. The Hall–Kier alpha value is -2.18. The van der Waals surface area contributed by atoms with E-state index >= 15 is 0 Å². The second kappa shape index (κ2) is 7.68. The van der Waals surface area contributed by atoms with Gasteiger partial charge in [-0.15, -0.1) is 11.3 Å². The number of carbonyl (C=O) groups excluding carboxylic acids is 1. The van der Waals surface area contributed by atoms with Gasteiger partial charge >= 0.3 is 0 Å². The van der Waals surface area contributed by atoms with Gasteiger partial charge in [0.25, 0.3) is 11.5 Å². The van der Waals surface area contributed by atoms with Gasteiger partial charge in [0.2, 0.25) is 0 Å². The lowest BCUT2D eigenvalue weighted by molar-refractivity contribution is 0.0753. The van der Waals surface area contributed by atoms with Gasteiger partial charge in [-0.1, -0.05) is 18.5 Å². The van der Waals surface area contributed by atoms with Crippen LogP contribution in [0.2, 0.25) is 5.02 Å². The number of amides is 1. The van der Waals surface area contributed by atoms with E-state index in [0.717, 1.165) is 17.7 Å². The molecule has 1 aliphatic rings. The van der Waals surface area contributed by atoms with Gasteiger partial charge in [0.1, 0.15) is 5.82 Å². The summed E-state index contributed by atoms with van der Waals surface area (Å²) in [5.41, 5.74) is 1.63. The van der Waals surface area contributed by atoms with Gasteiger partial charge < -0.3 is 9.88 Å². The van der Waals surface area contributed by atoms with E-state index in [2.05, 4.69) is 23.0 Å². The lowest BCUT2D eigenvalue weighted by Crippen LogP contribution is -2.31. The van der Waals surface area contributed by atoms with E-state index in [4.69, 9.17) is 11.6 Å². The van der Waals surface area contributed by atoms with Crippen LogP contribution < -0.4 is 5.56 Å². The van der Waals surface area contributed by atoms with Crippen molar-refractivity contribution in [3.8, 4) is 0 Å². The highest BCUT2D eigenvalue weighted by Crippen LogP contribution is 2.32. The van der Waals surface area contributed by atoms with E-state index in [1.54, 1.807) is 34.4 Å². The van der Waals surface area contributed by atoms with Gasteiger partial charge in [0.05, 0.1) is 22.3 Å². The molecule has 5 nitrogen and oxygen atoms in total. The maximum absolute atomic E-state index is 13.1. The lowest BCUT2D eigenvalue weighted by atomic mass is 9.90. The van der Waals surface area contributed by atoms with Crippen molar-refractivity contribution in [2.24, 2.45) is 5.92 Å². The average molecular weight is 416 g/mol. The topological polar surface area (TPSA) is 66.1 Å². The van der Waals surface area contributed by atoms with Crippen LogP contribution in [0.1, 0.15) is 46.2 Å². The molecule has 7 heteroatoms. The quantitative estimate of drug-likeness (QED) is 0.685. The molecule has 146 valence electrons. The van der Waals surface area contributed by atoms with Crippen LogP contribution in [0.25, 0.3) is 10.9 Å². The van der Waals surface area contributed by atoms with Crippen LogP contribution in [0.4, 0.5) is 0 Å². The minimum atomic E-state index is -0.222. The molecule has 2 aromatic heterocycles. The summed E-state index contributed by atoms with van der Waals surface area (Å²) in [7, 11) is 0. The third-order valence-corrected chi connectivity index (χ3v) is 6.73. The van der Waals surface area contributed by atoms with E-state index < -0.39 is 0 Å². The minimum absolute atomic E-state index is 0.0107. The first-order valence-corrected chi connectivity index (χ1v) is 10.7. The van der Waals surface area contributed by atoms with E-state index in [-0.39, 0.29) is 18.0 Å². The first-order valence-electron chi connectivity index (χ1n) is 9.54. The number of halogens is 1. The van der Waals surface area contributed by atoms with Gasteiger partial charge in [-0.25, -0.2) is 4.98 Å². The molecule has 0 bridgehead atoms. The molecule has 1 amide bonds. The zero-order chi connectivity index (χ0) is 19.8. The van der Waals surface area contributed by atoms with Crippen molar-refractivity contribution in [2.45, 2.75) is 39.7 Å². The Morgan fingerprint density at radius 3 is 3.00 bits per heavy atom. The Bertz CT molecular complexity index is 1100. The van der Waals surface area contributed by atoms with Crippen LogP contribution in [-0.4, -0.2) is 27.3 Å². The van der Waals surface area contributed by atoms with Crippen LogP contribution in [-0.2, 0) is 19.4 Å². The molecule has 0 spiro atoms. The normalized spacial score (nSPS) is 16.2. The van der Waals surface area contributed by atoms with Crippen molar-refractivity contribution in [1.82, 2.24) is 14.9 Å². The van der Waals surface area contributed by atoms with Crippen LogP contribution in [0.3, 0.4) is 0 Å². The molecule has 0 radical (unpaired) electrons. The van der Waals surface area contributed by atoms with Gasteiger partial charge in [-0.05, 0) is 61.9 Å². The molecule has 0 fully saturated rings. The lowest BCUT2D eigenvalue weighted by Gasteiger charge is -2.19. The summed E-state index contributed by atoms with van der Waals surface area (Å²) in [6.07, 6.45) is 3.29. The number of hydrogen-bond donors (Lipinski definition) is 1. The molecular formula is C21H22ClN3O2S. The summed E-state index contributed by atoms with van der Waals surface area (Å²) in [6, 6.07) is 7.05. The fraction of sp³-hybridized carbons (Fsp3) is 0.381. The van der Waals surface area contributed by atoms with E-state index in [0.29, 0.717) is 34.2 Å². The van der Waals surface area contributed by atoms with E-state index in [1.165, 1.54) is 16.9 Å². The fourth-order valence-electron chi connectivity index (χ4n) is 3.71. The minimum Gasteiger partial charge on any atom is -0.331 e. The molecule has 1 atom stereocenters. The highest BCUT2D eigenvalue weighted by molar-refractivity contribution is 7.14. The number of carbonyl (C=O) groups is 1. The highest BCUT2D eigenvalue weighted by atomic mass is 35.5. The van der Waals surface area contributed by atoms with Crippen molar-refractivity contribution < 1.29 is 4.79 Å². The summed E-state index contributed by atoms with van der Waals surface area (Å²) < 4.78 is 0. The second-order valence-corrected chi connectivity index (χ2v) is 8.97. The molecule has 2 heterocycles. The van der Waals surface area contributed by atoms with Crippen LogP contribution in [0.15, 0.2) is 29.1 Å². The summed E-state index contributed by atoms with van der Waals surface area (Å²) in [5, 5.41) is 1.01. The summed E-state index contributed by atoms with van der Waals surface area (Å²) in [4.78, 5) is 36.5. The number of nitrogens with one attached hydrogen (secondary N) is 1. The molecule has 1 aliphatic carbocycles. The maximum atomic E-state index is 13.1. The first kappa shape index (κ1) is 19.2. The molecule has 28 heavy (non-hydrogen) atoms. The van der Waals surface area contributed by atoms with Crippen molar-refractivity contribution >= 4 is 39.7 Å². The zero-order valence-electron chi connectivity index (χ0n) is 15.9. The Morgan fingerprint density at radius 1 is 1.39 bits per heavy atom. The predicted molar refractivity (Wildman–Crippen MR) is 113 cm³/mol. The fourth-order valence-corrected chi connectivity index (χ4v) is 5.05. The molecule has 0 saturated heterocycles. The van der Waals surface area contributed by atoms with Crippen molar-refractivity contribution in [3.63, 3.8) is 0 Å². The Balaban J connectivity index is 1.60. The van der Waals surface area contributed by atoms with Gasteiger partial charge in [-0.3, -0.25) is 9.59 Å². The third-order valence-electron chi connectivity index (χ3n) is 5.27. The maximum Gasteiger partial charge on any atom is 0.264 e. The van der Waals surface area contributed by atoms with E-state index in [1.807, 2.05) is 6.92 Å². The van der Waals surface area contributed by atoms with Gasteiger partial charge in [-0.2, -0.15) is 0 Å². The largest absolute Gasteiger partial charge is 0.331 e. The Labute approximate surface area is 172 Å². The molecule has 1 N–H and O–H groups in total. The number of aryl methyl sites for hydroxylation is 1. The molecule has 0 saturated carbocycles. The number of rotatable bonds is 4. The van der Waals surface area contributed by atoms with Crippen molar-refractivity contribution in [3.05, 3.63) is 60.8 Å². The van der Waals surface area contributed by atoms with Crippen LogP contribution in [0, 0.1) is 5.92 Å². The summed E-state index contributed by atoms with van der Waals surface area (Å²) >= 11 is 7.64. The number of nitrogens with zero attached hydrogens (tertiary/aromatic N) is 2. The molecule has 1 aromatic carbocycles. The third kappa shape index (κ3) is 3.71. The van der Waals surface area contributed by atoms with Gasteiger partial charge in [0.15, 0.2) is 0 Å². The van der Waals surface area contributed by atoms with Crippen LogP contribution in [0.5, 0.6) is 0 Å². The first-order chi connectivity index (χ1) is 13.4. The number of aromatic amines is 1. The number of thiophene rings is 1. The predicted octanol–water partition coefficient (Wildman–Crippen LogP) is 4.43.